The fourth-order valence-corrected chi connectivity index (χ4v) is 1.67. The van der Waals surface area contributed by atoms with Crippen LogP contribution in [0.3, 0.4) is 0 Å². The van der Waals surface area contributed by atoms with E-state index in [1.807, 2.05) is 18.2 Å². The van der Waals surface area contributed by atoms with Crippen molar-refractivity contribution < 1.29 is 0 Å². The SMILES string of the molecule is CCCCCc1ccccc1NC(N)=S. The number of nitrogens with one attached hydrogen (secondary N) is 1. The van der Waals surface area contributed by atoms with E-state index in [1.165, 1.54) is 24.8 Å². The second-order valence-corrected chi connectivity index (χ2v) is 4.04. The van der Waals surface area contributed by atoms with Gasteiger partial charge in [-0.25, -0.2) is 0 Å². The lowest BCUT2D eigenvalue weighted by Crippen LogP contribution is -2.19. The molecule has 1 rings (SSSR count). The number of para-hydroxylation sites is 1. The lowest BCUT2D eigenvalue weighted by atomic mass is 10.1. The Morgan fingerprint density at radius 1 is 1.33 bits per heavy atom. The van der Waals surface area contributed by atoms with Crippen molar-refractivity contribution in [3.63, 3.8) is 0 Å². The monoisotopic (exact) mass is 222 g/mol. The maximum absolute atomic E-state index is 5.47. The van der Waals surface area contributed by atoms with Crippen molar-refractivity contribution in [1.82, 2.24) is 0 Å². The third-order valence-corrected chi connectivity index (χ3v) is 2.43. The average molecular weight is 222 g/mol. The minimum Gasteiger partial charge on any atom is -0.376 e. The van der Waals surface area contributed by atoms with E-state index in [9.17, 15) is 0 Å². The molecule has 0 radical (unpaired) electrons. The summed E-state index contributed by atoms with van der Waals surface area (Å²) in [6.45, 7) is 2.21. The number of unbranched alkanes of at least 4 members (excludes halogenated alkanes) is 2. The summed E-state index contributed by atoms with van der Waals surface area (Å²) in [6, 6.07) is 8.17. The molecule has 0 aromatic heterocycles. The summed E-state index contributed by atoms with van der Waals surface area (Å²) in [5.41, 5.74) is 7.80. The van der Waals surface area contributed by atoms with E-state index in [1.54, 1.807) is 0 Å². The number of thiocarbonyl (C=S) groups is 1. The van der Waals surface area contributed by atoms with Crippen molar-refractivity contribution in [3.05, 3.63) is 29.8 Å². The molecular weight excluding hydrogens is 204 g/mol. The van der Waals surface area contributed by atoms with Gasteiger partial charge < -0.3 is 11.1 Å². The molecule has 2 nitrogen and oxygen atoms in total. The van der Waals surface area contributed by atoms with Crippen LogP contribution in [0.5, 0.6) is 0 Å². The van der Waals surface area contributed by atoms with Crippen LogP contribution in [-0.2, 0) is 6.42 Å². The summed E-state index contributed by atoms with van der Waals surface area (Å²) in [5.74, 6) is 0. The van der Waals surface area contributed by atoms with Gasteiger partial charge in [0.25, 0.3) is 0 Å². The van der Waals surface area contributed by atoms with Crippen LogP contribution >= 0.6 is 12.2 Å². The molecule has 0 heterocycles. The first kappa shape index (κ1) is 12.0. The molecule has 0 aliphatic carbocycles. The topological polar surface area (TPSA) is 38.0 Å². The normalized spacial score (nSPS) is 9.93. The minimum atomic E-state index is 0.331. The highest BCUT2D eigenvalue weighted by atomic mass is 32.1. The molecule has 0 unspecified atom stereocenters. The summed E-state index contributed by atoms with van der Waals surface area (Å²) >= 11 is 4.84. The number of hydrogen-bond acceptors (Lipinski definition) is 1. The van der Waals surface area contributed by atoms with Gasteiger partial charge in [0, 0.05) is 5.69 Å². The fourth-order valence-electron chi connectivity index (χ4n) is 1.56. The molecule has 0 aliphatic rings. The molecule has 82 valence electrons. The van der Waals surface area contributed by atoms with Gasteiger partial charge in [-0.3, -0.25) is 0 Å². The first-order chi connectivity index (χ1) is 7.24. The first-order valence-corrected chi connectivity index (χ1v) is 5.79. The van der Waals surface area contributed by atoms with Crippen molar-refractivity contribution in [3.8, 4) is 0 Å². The van der Waals surface area contributed by atoms with Gasteiger partial charge >= 0.3 is 0 Å². The molecule has 0 amide bonds. The number of hydrogen-bond donors (Lipinski definition) is 2. The maximum Gasteiger partial charge on any atom is 0.168 e. The highest BCUT2D eigenvalue weighted by molar-refractivity contribution is 7.80. The predicted octanol–water partition coefficient (Wildman–Crippen LogP) is 3.07. The molecule has 0 atom stereocenters. The predicted molar refractivity (Wildman–Crippen MR) is 70.1 cm³/mol. The number of nitrogens with two attached hydrogens (primary N) is 1. The summed E-state index contributed by atoms with van der Waals surface area (Å²) in [5, 5.41) is 3.34. The lowest BCUT2D eigenvalue weighted by Gasteiger charge is -2.10. The van der Waals surface area contributed by atoms with E-state index in [0.29, 0.717) is 5.11 Å². The Hall–Kier alpha value is -1.09. The van der Waals surface area contributed by atoms with Crippen LogP contribution in [0.25, 0.3) is 0 Å². The Bertz CT molecular complexity index is 323. The number of rotatable bonds is 5. The summed E-state index contributed by atoms with van der Waals surface area (Å²) in [4.78, 5) is 0. The van der Waals surface area contributed by atoms with Gasteiger partial charge in [0.05, 0.1) is 0 Å². The van der Waals surface area contributed by atoms with Gasteiger partial charge in [-0.2, -0.15) is 0 Å². The van der Waals surface area contributed by atoms with Crippen LogP contribution in [0, 0.1) is 0 Å². The standard InChI is InChI=1S/C12H18N2S/c1-2-3-4-7-10-8-5-6-9-11(10)14-12(13)15/h5-6,8-9H,2-4,7H2,1H3,(H3,13,14,15). The molecule has 0 bridgehead atoms. The van der Waals surface area contributed by atoms with Gasteiger partial charge in [0.15, 0.2) is 5.11 Å². The van der Waals surface area contributed by atoms with Crippen LogP contribution in [0.15, 0.2) is 24.3 Å². The Kier molecular flexibility index (Phi) is 5.12. The fraction of sp³-hybridized carbons (Fsp3) is 0.417. The second kappa shape index (κ2) is 6.40. The first-order valence-electron chi connectivity index (χ1n) is 5.38. The molecular formula is C12H18N2S. The van der Waals surface area contributed by atoms with E-state index in [-0.39, 0.29) is 0 Å². The molecule has 0 saturated heterocycles. The molecule has 3 heteroatoms. The summed E-state index contributed by atoms with van der Waals surface area (Å²) < 4.78 is 0. The van der Waals surface area contributed by atoms with Crippen molar-refractivity contribution in [1.29, 1.82) is 0 Å². The summed E-state index contributed by atoms with van der Waals surface area (Å²) in [6.07, 6.45) is 4.80. The number of aryl methyl sites for hydroxylation is 1. The van der Waals surface area contributed by atoms with E-state index in [2.05, 4.69) is 18.3 Å². The molecule has 0 aliphatic heterocycles. The van der Waals surface area contributed by atoms with Gasteiger partial charge in [-0.1, -0.05) is 38.0 Å². The van der Waals surface area contributed by atoms with Gasteiger partial charge in [0.1, 0.15) is 0 Å². The van der Waals surface area contributed by atoms with Gasteiger partial charge in [-0.05, 0) is 36.7 Å². The zero-order valence-electron chi connectivity index (χ0n) is 9.12. The largest absolute Gasteiger partial charge is 0.376 e. The molecule has 0 fully saturated rings. The number of benzene rings is 1. The molecule has 3 N–H and O–H groups in total. The van der Waals surface area contributed by atoms with Crippen LogP contribution in [0.2, 0.25) is 0 Å². The molecule has 0 spiro atoms. The van der Waals surface area contributed by atoms with Gasteiger partial charge in [-0.15, -0.1) is 0 Å². The van der Waals surface area contributed by atoms with E-state index < -0.39 is 0 Å². The van der Waals surface area contributed by atoms with E-state index in [0.717, 1.165) is 12.1 Å². The van der Waals surface area contributed by atoms with Crippen molar-refractivity contribution >= 4 is 23.0 Å². The molecule has 1 aromatic carbocycles. The molecule has 1 aromatic rings. The highest BCUT2D eigenvalue weighted by Crippen LogP contribution is 2.17. The Morgan fingerprint density at radius 3 is 2.73 bits per heavy atom. The average Bonchev–Trinajstić information content (AvgIpc) is 2.20. The third-order valence-electron chi connectivity index (χ3n) is 2.32. The van der Waals surface area contributed by atoms with Crippen LogP contribution in [-0.4, -0.2) is 5.11 Å². The highest BCUT2D eigenvalue weighted by Gasteiger charge is 2.01. The van der Waals surface area contributed by atoms with Crippen LogP contribution in [0.4, 0.5) is 5.69 Å². The van der Waals surface area contributed by atoms with Crippen LogP contribution < -0.4 is 11.1 Å². The third kappa shape index (κ3) is 4.30. The Labute approximate surface area is 96.9 Å². The van der Waals surface area contributed by atoms with Crippen molar-refractivity contribution in [2.75, 3.05) is 5.32 Å². The van der Waals surface area contributed by atoms with E-state index in [4.69, 9.17) is 18.0 Å². The quantitative estimate of drug-likeness (QED) is 0.594. The minimum absolute atomic E-state index is 0.331. The molecule has 15 heavy (non-hydrogen) atoms. The van der Waals surface area contributed by atoms with Crippen LogP contribution in [0.1, 0.15) is 31.7 Å². The van der Waals surface area contributed by atoms with Crippen molar-refractivity contribution in [2.45, 2.75) is 32.6 Å². The lowest BCUT2D eigenvalue weighted by molar-refractivity contribution is 0.718. The number of anilines is 1. The zero-order valence-corrected chi connectivity index (χ0v) is 9.94. The Balaban J connectivity index is 2.64. The maximum atomic E-state index is 5.47. The summed E-state index contributed by atoms with van der Waals surface area (Å²) in [7, 11) is 0. The Morgan fingerprint density at radius 2 is 2.07 bits per heavy atom. The second-order valence-electron chi connectivity index (χ2n) is 3.60. The van der Waals surface area contributed by atoms with E-state index >= 15 is 0 Å². The van der Waals surface area contributed by atoms with Crippen molar-refractivity contribution in [2.24, 2.45) is 5.73 Å². The zero-order chi connectivity index (χ0) is 11.1. The van der Waals surface area contributed by atoms with Gasteiger partial charge in [0.2, 0.25) is 0 Å². The molecule has 0 saturated carbocycles. The smallest absolute Gasteiger partial charge is 0.168 e.